The van der Waals surface area contributed by atoms with Gasteiger partial charge in [-0.25, -0.2) is 4.79 Å². The van der Waals surface area contributed by atoms with E-state index in [9.17, 15) is 9.59 Å². The number of carbonyl (C=O) groups excluding carboxylic acids is 2. The number of likely N-dealkylation sites (tertiary alicyclic amines) is 1. The summed E-state index contributed by atoms with van der Waals surface area (Å²) in [7, 11) is 0. The van der Waals surface area contributed by atoms with Gasteiger partial charge in [-0.2, -0.15) is 0 Å². The molecule has 0 unspecified atom stereocenters. The fourth-order valence-electron chi connectivity index (χ4n) is 2.34. The molecule has 0 aliphatic carbocycles. The van der Waals surface area contributed by atoms with E-state index in [0.717, 1.165) is 12.8 Å². The van der Waals surface area contributed by atoms with Crippen LogP contribution in [0.1, 0.15) is 30.1 Å². The molecule has 0 radical (unpaired) electrons. The van der Waals surface area contributed by atoms with E-state index in [2.05, 4.69) is 5.32 Å². The summed E-state index contributed by atoms with van der Waals surface area (Å²) in [5.41, 5.74) is 0.635. The molecule has 6 heteroatoms. The summed E-state index contributed by atoms with van der Waals surface area (Å²) in [6, 6.07) is 6.95. The molecule has 1 fully saturated rings. The van der Waals surface area contributed by atoms with Crippen LogP contribution in [0.5, 0.6) is 0 Å². The van der Waals surface area contributed by atoms with Crippen LogP contribution in [0.2, 0.25) is 5.02 Å². The molecule has 1 aliphatic heterocycles. The summed E-state index contributed by atoms with van der Waals surface area (Å²) in [4.78, 5) is 25.5. The molecule has 2 amide bonds. The number of carbonyl (C=O) groups is 2. The van der Waals surface area contributed by atoms with Gasteiger partial charge in [-0.3, -0.25) is 4.79 Å². The number of amides is 2. The summed E-state index contributed by atoms with van der Waals surface area (Å²) in [6.45, 7) is 3.38. The van der Waals surface area contributed by atoms with Crippen molar-refractivity contribution < 1.29 is 14.3 Å². The van der Waals surface area contributed by atoms with Crippen LogP contribution in [0, 0.1) is 0 Å². The number of nitrogens with one attached hydrogen (secondary N) is 1. The van der Waals surface area contributed by atoms with E-state index in [-0.39, 0.29) is 18.0 Å². The smallest absolute Gasteiger partial charge is 0.407 e. The van der Waals surface area contributed by atoms with Crippen LogP contribution in [-0.2, 0) is 4.74 Å². The van der Waals surface area contributed by atoms with Crippen LogP contribution in [-0.4, -0.2) is 42.6 Å². The second kappa shape index (κ2) is 7.31. The molecule has 1 aromatic carbocycles. The van der Waals surface area contributed by atoms with Crippen LogP contribution in [0.25, 0.3) is 0 Å². The van der Waals surface area contributed by atoms with Gasteiger partial charge in [0.2, 0.25) is 0 Å². The molecular weight excluding hydrogens is 292 g/mol. The van der Waals surface area contributed by atoms with Gasteiger partial charge in [0.25, 0.3) is 5.91 Å². The highest BCUT2D eigenvalue weighted by Crippen LogP contribution is 2.16. The van der Waals surface area contributed by atoms with E-state index in [1.54, 1.807) is 36.1 Å². The monoisotopic (exact) mass is 310 g/mol. The summed E-state index contributed by atoms with van der Waals surface area (Å²) in [5.74, 6) is 0.00116. The molecule has 0 spiro atoms. The zero-order chi connectivity index (χ0) is 15.2. The Balaban J connectivity index is 1.84. The molecule has 1 heterocycles. The number of hydrogen-bond acceptors (Lipinski definition) is 3. The Morgan fingerprint density at radius 2 is 1.90 bits per heavy atom. The first-order valence-corrected chi connectivity index (χ1v) is 7.46. The molecule has 1 N–H and O–H groups in total. The zero-order valence-electron chi connectivity index (χ0n) is 12.0. The van der Waals surface area contributed by atoms with E-state index < -0.39 is 0 Å². The predicted molar refractivity (Wildman–Crippen MR) is 80.5 cm³/mol. The highest BCUT2D eigenvalue weighted by atomic mass is 35.5. The Morgan fingerprint density at radius 3 is 2.48 bits per heavy atom. The second-order valence-electron chi connectivity index (χ2n) is 4.94. The highest BCUT2D eigenvalue weighted by Gasteiger charge is 2.24. The SMILES string of the molecule is CCOC(=O)NC1CCN(C(=O)c2ccc(Cl)cc2)CC1. The molecule has 1 saturated heterocycles. The van der Waals surface area contributed by atoms with Crippen LogP contribution in [0.15, 0.2) is 24.3 Å². The van der Waals surface area contributed by atoms with Gasteiger partial charge < -0.3 is 15.0 Å². The maximum Gasteiger partial charge on any atom is 0.407 e. The number of ether oxygens (including phenoxy) is 1. The standard InChI is InChI=1S/C15H19ClN2O3/c1-2-21-15(20)17-13-7-9-18(10-8-13)14(19)11-3-5-12(16)6-4-11/h3-6,13H,2,7-10H2,1H3,(H,17,20). The lowest BCUT2D eigenvalue weighted by atomic mass is 10.0. The molecule has 0 atom stereocenters. The van der Waals surface area contributed by atoms with Crippen molar-refractivity contribution in [2.45, 2.75) is 25.8 Å². The summed E-state index contributed by atoms with van der Waals surface area (Å²) < 4.78 is 4.86. The summed E-state index contributed by atoms with van der Waals surface area (Å²) in [5, 5.41) is 3.42. The number of nitrogens with zero attached hydrogens (tertiary/aromatic N) is 1. The molecule has 1 aliphatic rings. The van der Waals surface area contributed by atoms with Crippen molar-refractivity contribution in [3.8, 4) is 0 Å². The minimum absolute atomic E-state index is 0.00116. The number of piperidine rings is 1. The van der Waals surface area contributed by atoms with Crippen molar-refractivity contribution in [1.29, 1.82) is 0 Å². The van der Waals surface area contributed by atoms with Gasteiger partial charge in [0, 0.05) is 29.7 Å². The lowest BCUT2D eigenvalue weighted by Crippen LogP contribution is -2.46. The van der Waals surface area contributed by atoms with E-state index in [4.69, 9.17) is 16.3 Å². The van der Waals surface area contributed by atoms with Crippen molar-refractivity contribution in [2.75, 3.05) is 19.7 Å². The molecule has 5 nitrogen and oxygen atoms in total. The number of benzene rings is 1. The van der Waals surface area contributed by atoms with Crippen molar-refractivity contribution >= 4 is 23.6 Å². The third-order valence-corrected chi connectivity index (χ3v) is 3.72. The first kappa shape index (κ1) is 15.6. The van der Waals surface area contributed by atoms with Crippen LogP contribution < -0.4 is 5.32 Å². The van der Waals surface area contributed by atoms with Crippen LogP contribution >= 0.6 is 11.6 Å². The molecule has 21 heavy (non-hydrogen) atoms. The average molecular weight is 311 g/mol. The Bertz CT molecular complexity index is 496. The van der Waals surface area contributed by atoms with Gasteiger partial charge in [0.15, 0.2) is 0 Å². The third kappa shape index (κ3) is 4.36. The van der Waals surface area contributed by atoms with Gasteiger partial charge in [0.1, 0.15) is 0 Å². The Kier molecular flexibility index (Phi) is 5.44. The zero-order valence-corrected chi connectivity index (χ0v) is 12.7. The lowest BCUT2D eigenvalue weighted by Gasteiger charge is -2.32. The summed E-state index contributed by atoms with van der Waals surface area (Å²) >= 11 is 5.82. The van der Waals surface area contributed by atoms with Gasteiger partial charge in [-0.05, 0) is 44.0 Å². The molecule has 1 aromatic rings. The average Bonchev–Trinajstić information content (AvgIpc) is 2.48. The fourth-order valence-corrected chi connectivity index (χ4v) is 2.47. The Hall–Kier alpha value is -1.75. The quantitative estimate of drug-likeness (QED) is 0.934. The molecule has 0 saturated carbocycles. The number of halogens is 1. The van der Waals surface area contributed by atoms with Gasteiger partial charge >= 0.3 is 6.09 Å². The van der Waals surface area contributed by atoms with Crippen molar-refractivity contribution in [1.82, 2.24) is 10.2 Å². The molecular formula is C15H19ClN2O3. The maximum absolute atomic E-state index is 12.3. The molecule has 114 valence electrons. The largest absolute Gasteiger partial charge is 0.450 e. The third-order valence-electron chi connectivity index (χ3n) is 3.47. The van der Waals surface area contributed by atoms with E-state index in [1.807, 2.05) is 0 Å². The van der Waals surface area contributed by atoms with Crippen LogP contribution in [0.4, 0.5) is 4.79 Å². The number of alkyl carbamates (subject to hydrolysis) is 1. The molecule has 2 rings (SSSR count). The minimum atomic E-state index is -0.389. The highest BCUT2D eigenvalue weighted by molar-refractivity contribution is 6.30. The van der Waals surface area contributed by atoms with Crippen molar-refractivity contribution in [3.05, 3.63) is 34.9 Å². The fraction of sp³-hybridized carbons (Fsp3) is 0.467. The molecule has 0 aromatic heterocycles. The van der Waals surface area contributed by atoms with Gasteiger partial charge in [-0.1, -0.05) is 11.6 Å². The maximum atomic E-state index is 12.3. The van der Waals surface area contributed by atoms with Gasteiger partial charge in [0.05, 0.1) is 6.61 Å². The Morgan fingerprint density at radius 1 is 1.29 bits per heavy atom. The van der Waals surface area contributed by atoms with E-state index >= 15 is 0 Å². The van der Waals surface area contributed by atoms with E-state index in [1.165, 1.54) is 0 Å². The second-order valence-corrected chi connectivity index (χ2v) is 5.37. The topological polar surface area (TPSA) is 58.6 Å². The van der Waals surface area contributed by atoms with Gasteiger partial charge in [-0.15, -0.1) is 0 Å². The van der Waals surface area contributed by atoms with Crippen molar-refractivity contribution in [3.63, 3.8) is 0 Å². The number of hydrogen-bond donors (Lipinski definition) is 1. The number of rotatable bonds is 3. The molecule has 0 bridgehead atoms. The normalized spacial score (nSPS) is 15.6. The lowest BCUT2D eigenvalue weighted by molar-refractivity contribution is 0.0702. The summed E-state index contributed by atoms with van der Waals surface area (Å²) in [6.07, 6.45) is 1.08. The minimum Gasteiger partial charge on any atom is -0.450 e. The van der Waals surface area contributed by atoms with E-state index in [0.29, 0.717) is 30.3 Å². The Labute approximate surface area is 129 Å². The first-order valence-electron chi connectivity index (χ1n) is 7.08. The predicted octanol–water partition coefficient (Wildman–Crippen LogP) is 2.69. The van der Waals surface area contributed by atoms with Crippen LogP contribution in [0.3, 0.4) is 0 Å². The first-order chi connectivity index (χ1) is 10.1. The van der Waals surface area contributed by atoms with Crippen molar-refractivity contribution in [2.24, 2.45) is 0 Å².